The monoisotopic (exact) mass is 259 g/mol. The van der Waals surface area contributed by atoms with Gasteiger partial charge in [-0.2, -0.15) is 0 Å². The second-order valence-electron chi connectivity index (χ2n) is 5.46. The number of nitrogens with zero attached hydrogens (tertiary/aromatic N) is 1. The van der Waals surface area contributed by atoms with Crippen LogP contribution in [-0.4, -0.2) is 18.9 Å². The zero-order valence-electron chi connectivity index (χ0n) is 11.3. The van der Waals surface area contributed by atoms with Crippen molar-refractivity contribution in [2.75, 3.05) is 13.2 Å². The summed E-state index contributed by atoms with van der Waals surface area (Å²) < 4.78 is 5.79. The van der Waals surface area contributed by atoms with Crippen LogP contribution < -0.4 is 0 Å². The van der Waals surface area contributed by atoms with Crippen molar-refractivity contribution in [1.82, 2.24) is 0 Å². The molecule has 0 spiro atoms. The minimum Gasteiger partial charge on any atom is -0.395 e. The van der Waals surface area contributed by atoms with Crippen LogP contribution in [0.4, 0.5) is 0 Å². The third-order valence-corrected chi connectivity index (χ3v) is 4.19. The van der Waals surface area contributed by atoms with E-state index in [-0.39, 0.29) is 0 Å². The summed E-state index contributed by atoms with van der Waals surface area (Å²) in [5.74, 6) is 1.26. The fourth-order valence-corrected chi connectivity index (χ4v) is 3.09. The molecule has 1 aliphatic carbocycles. The van der Waals surface area contributed by atoms with Crippen molar-refractivity contribution < 1.29 is 9.57 Å². The Hall–Kier alpha value is -1.35. The maximum atomic E-state index is 5.79. The van der Waals surface area contributed by atoms with Gasteiger partial charge in [-0.3, -0.25) is 0 Å². The first-order valence-corrected chi connectivity index (χ1v) is 7.24. The van der Waals surface area contributed by atoms with E-state index < -0.39 is 0 Å². The largest absolute Gasteiger partial charge is 0.395 e. The zero-order valence-corrected chi connectivity index (χ0v) is 11.3. The summed E-state index contributed by atoms with van der Waals surface area (Å²) in [4.78, 5) is 5.24. The summed E-state index contributed by atoms with van der Waals surface area (Å²) in [5, 5.41) is 4.16. The van der Waals surface area contributed by atoms with Gasteiger partial charge < -0.3 is 9.57 Å². The molecule has 0 amide bonds. The Labute approximate surface area is 114 Å². The summed E-state index contributed by atoms with van der Waals surface area (Å²) >= 11 is 0. The lowest BCUT2D eigenvalue weighted by molar-refractivity contribution is 0.0876. The van der Waals surface area contributed by atoms with Crippen LogP contribution in [0.15, 0.2) is 35.5 Å². The molecule has 0 aromatic heterocycles. The Kier molecular flexibility index (Phi) is 4.13. The average Bonchev–Trinajstić information content (AvgIpc) is 2.94. The number of benzene rings is 1. The molecule has 1 aromatic carbocycles. The molecule has 2 aliphatic rings. The molecular weight excluding hydrogens is 238 g/mol. The minimum atomic E-state index is 0.564. The molecule has 1 aromatic rings. The van der Waals surface area contributed by atoms with Gasteiger partial charge in [0.25, 0.3) is 0 Å². The molecular formula is C16H21NO2. The molecule has 1 fully saturated rings. The molecule has 3 nitrogen and oxygen atoms in total. The number of rotatable bonds is 5. The first-order chi connectivity index (χ1) is 9.43. The van der Waals surface area contributed by atoms with Crippen LogP contribution in [0.2, 0.25) is 0 Å². The van der Waals surface area contributed by atoms with Crippen molar-refractivity contribution in [2.45, 2.75) is 32.3 Å². The first kappa shape index (κ1) is 12.7. The second kappa shape index (κ2) is 6.20. The molecule has 3 rings (SSSR count). The highest BCUT2D eigenvalue weighted by Gasteiger charge is 2.34. The molecule has 19 heavy (non-hydrogen) atoms. The highest BCUT2D eigenvalue weighted by molar-refractivity contribution is 5.88. The summed E-state index contributed by atoms with van der Waals surface area (Å²) in [6.45, 7) is 2.34. The smallest absolute Gasteiger partial charge is 0.125 e. The molecule has 1 saturated carbocycles. The van der Waals surface area contributed by atoms with Gasteiger partial charge in [-0.05, 0) is 37.2 Å². The molecule has 0 saturated heterocycles. The van der Waals surface area contributed by atoms with Gasteiger partial charge in [0.15, 0.2) is 0 Å². The van der Waals surface area contributed by atoms with E-state index in [2.05, 4.69) is 29.4 Å². The molecule has 0 radical (unpaired) electrons. The number of ether oxygens (including phenoxy) is 1. The van der Waals surface area contributed by atoms with Gasteiger partial charge in [-0.1, -0.05) is 35.5 Å². The van der Waals surface area contributed by atoms with Gasteiger partial charge in [0.1, 0.15) is 6.61 Å². The Morgan fingerprint density at radius 1 is 1.26 bits per heavy atom. The fraction of sp³-hybridized carbons (Fsp3) is 0.562. The van der Waals surface area contributed by atoms with Crippen LogP contribution in [0.25, 0.3) is 0 Å². The van der Waals surface area contributed by atoms with E-state index in [1.54, 1.807) is 0 Å². The van der Waals surface area contributed by atoms with E-state index in [0.29, 0.717) is 11.8 Å². The highest BCUT2D eigenvalue weighted by Crippen LogP contribution is 2.33. The third-order valence-electron chi connectivity index (χ3n) is 4.19. The summed E-state index contributed by atoms with van der Waals surface area (Å²) in [6.07, 6.45) is 4.80. The number of fused-ring (bicyclic) bond motifs is 1. The normalized spacial score (nSPS) is 25.6. The molecule has 2 atom stereocenters. The van der Waals surface area contributed by atoms with Gasteiger partial charge in [0.05, 0.1) is 12.3 Å². The topological polar surface area (TPSA) is 30.8 Å². The molecule has 3 heteroatoms. The Balaban J connectivity index is 1.41. The van der Waals surface area contributed by atoms with E-state index in [0.717, 1.165) is 32.7 Å². The molecule has 1 aliphatic heterocycles. The number of hydrogen-bond acceptors (Lipinski definition) is 3. The number of oxime groups is 1. The maximum Gasteiger partial charge on any atom is 0.125 e. The predicted octanol–water partition coefficient (Wildman–Crippen LogP) is 3.40. The van der Waals surface area contributed by atoms with Gasteiger partial charge in [-0.25, -0.2) is 0 Å². The summed E-state index contributed by atoms with van der Waals surface area (Å²) in [7, 11) is 0. The van der Waals surface area contributed by atoms with E-state index in [4.69, 9.17) is 9.57 Å². The molecule has 2 unspecified atom stereocenters. The van der Waals surface area contributed by atoms with Gasteiger partial charge in [-0.15, -0.1) is 0 Å². The van der Waals surface area contributed by atoms with E-state index in [1.807, 2.05) is 6.07 Å². The van der Waals surface area contributed by atoms with Crippen molar-refractivity contribution >= 4 is 5.71 Å². The Bertz CT molecular complexity index is 430. The van der Waals surface area contributed by atoms with Crippen molar-refractivity contribution in [3.8, 4) is 0 Å². The van der Waals surface area contributed by atoms with Crippen LogP contribution in [0.5, 0.6) is 0 Å². The lowest BCUT2D eigenvalue weighted by atomic mass is 9.77. The molecule has 1 heterocycles. The first-order valence-electron chi connectivity index (χ1n) is 7.24. The van der Waals surface area contributed by atoms with Crippen molar-refractivity contribution in [2.24, 2.45) is 17.0 Å². The molecule has 0 bridgehead atoms. The molecule has 102 valence electrons. The van der Waals surface area contributed by atoms with Crippen molar-refractivity contribution in [3.63, 3.8) is 0 Å². The minimum absolute atomic E-state index is 0.564. The highest BCUT2D eigenvalue weighted by atomic mass is 16.6. The van der Waals surface area contributed by atoms with Crippen LogP contribution in [0.1, 0.15) is 31.2 Å². The van der Waals surface area contributed by atoms with E-state index in [9.17, 15) is 0 Å². The SMILES string of the molecule is c1ccc(COCCC2CCCC3=NOCC32)cc1. The Morgan fingerprint density at radius 2 is 2.16 bits per heavy atom. The quantitative estimate of drug-likeness (QED) is 0.759. The average molecular weight is 259 g/mol. The van der Waals surface area contributed by atoms with Gasteiger partial charge >= 0.3 is 0 Å². The molecule has 0 N–H and O–H groups in total. The van der Waals surface area contributed by atoms with Crippen LogP contribution >= 0.6 is 0 Å². The third kappa shape index (κ3) is 3.16. The van der Waals surface area contributed by atoms with E-state index in [1.165, 1.54) is 24.1 Å². The predicted molar refractivity (Wildman–Crippen MR) is 74.9 cm³/mol. The van der Waals surface area contributed by atoms with Crippen LogP contribution in [-0.2, 0) is 16.2 Å². The maximum absolute atomic E-state index is 5.79. The summed E-state index contributed by atoms with van der Waals surface area (Å²) in [5.41, 5.74) is 2.54. The Morgan fingerprint density at radius 3 is 3.05 bits per heavy atom. The zero-order chi connectivity index (χ0) is 12.9. The standard InChI is InChI=1S/C16H21NO2/c1-2-5-13(6-3-1)11-18-10-9-14-7-4-8-16-15(14)12-19-17-16/h1-3,5-6,14-15H,4,7-12H2. The van der Waals surface area contributed by atoms with Gasteiger partial charge in [0.2, 0.25) is 0 Å². The van der Waals surface area contributed by atoms with Crippen molar-refractivity contribution in [3.05, 3.63) is 35.9 Å². The number of hydrogen-bond donors (Lipinski definition) is 0. The van der Waals surface area contributed by atoms with E-state index >= 15 is 0 Å². The van der Waals surface area contributed by atoms with Gasteiger partial charge in [0, 0.05) is 12.5 Å². The summed E-state index contributed by atoms with van der Waals surface area (Å²) in [6, 6.07) is 10.4. The fourth-order valence-electron chi connectivity index (χ4n) is 3.09. The van der Waals surface area contributed by atoms with Crippen LogP contribution in [0.3, 0.4) is 0 Å². The lowest BCUT2D eigenvalue weighted by Gasteiger charge is -2.27. The van der Waals surface area contributed by atoms with Crippen molar-refractivity contribution in [1.29, 1.82) is 0 Å². The lowest BCUT2D eigenvalue weighted by Crippen LogP contribution is -2.28. The second-order valence-corrected chi connectivity index (χ2v) is 5.46. The van der Waals surface area contributed by atoms with Crippen LogP contribution in [0, 0.1) is 11.8 Å².